The molecule has 0 radical (unpaired) electrons. The molecule has 0 bridgehead atoms. The van der Waals surface area contributed by atoms with E-state index in [1.165, 1.54) is 4.63 Å². The zero-order chi connectivity index (χ0) is 14.2. The lowest BCUT2D eigenvalue weighted by Gasteiger charge is -2.11. The summed E-state index contributed by atoms with van der Waals surface area (Å²) < 4.78 is 7.22. The third-order valence-electron chi connectivity index (χ3n) is 3.31. The van der Waals surface area contributed by atoms with Crippen LogP contribution >= 0.6 is 0 Å². The largest absolute Gasteiger partial charge is 0.459 e. The number of hydrogen-bond acceptors (Lipinski definition) is 6. The minimum Gasteiger partial charge on any atom is -0.459 e. The highest BCUT2D eigenvalue weighted by atomic mass is 16.3. The number of nitrogens with zero attached hydrogens (tertiary/aromatic N) is 5. The molecule has 4 rings (SSSR count). The van der Waals surface area contributed by atoms with E-state index in [2.05, 4.69) is 25.9 Å². The summed E-state index contributed by atoms with van der Waals surface area (Å²) in [5, 5.41) is 19.8. The lowest BCUT2D eigenvalue weighted by molar-refractivity contribution is 0.525. The summed E-state index contributed by atoms with van der Waals surface area (Å²) >= 11 is 0. The second-order valence-corrected chi connectivity index (χ2v) is 4.80. The van der Waals surface area contributed by atoms with Crippen LogP contribution in [0.2, 0.25) is 0 Å². The fourth-order valence-corrected chi connectivity index (χ4v) is 2.24. The van der Waals surface area contributed by atoms with Gasteiger partial charge in [0.2, 0.25) is 0 Å². The number of aromatic nitrogens is 5. The van der Waals surface area contributed by atoms with E-state index in [-0.39, 0.29) is 6.04 Å². The maximum absolute atomic E-state index is 5.84. The van der Waals surface area contributed by atoms with Crippen molar-refractivity contribution >= 4 is 22.4 Å². The van der Waals surface area contributed by atoms with Crippen LogP contribution in [0.5, 0.6) is 0 Å². The Morgan fingerprint density at radius 2 is 2.10 bits per heavy atom. The van der Waals surface area contributed by atoms with Crippen LogP contribution in [0.15, 0.2) is 46.9 Å². The van der Waals surface area contributed by atoms with Crippen LogP contribution in [-0.2, 0) is 0 Å². The molecule has 0 amide bonds. The molecule has 1 atom stereocenters. The summed E-state index contributed by atoms with van der Waals surface area (Å²) in [5.74, 6) is 1.54. The van der Waals surface area contributed by atoms with Gasteiger partial charge in [-0.2, -0.15) is 0 Å². The molecule has 1 N–H and O–H groups in total. The average molecular weight is 280 g/mol. The van der Waals surface area contributed by atoms with Crippen LogP contribution in [0.25, 0.3) is 16.6 Å². The van der Waals surface area contributed by atoms with E-state index in [1.54, 1.807) is 6.07 Å². The molecule has 0 saturated carbocycles. The molecule has 7 nitrogen and oxygen atoms in total. The molecular weight excluding hydrogens is 268 g/mol. The van der Waals surface area contributed by atoms with E-state index in [0.29, 0.717) is 11.5 Å². The molecule has 0 aliphatic heterocycles. The topological polar surface area (TPSA) is 81.1 Å². The molecule has 21 heavy (non-hydrogen) atoms. The van der Waals surface area contributed by atoms with E-state index in [4.69, 9.17) is 4.42 Å². The Kier molecular flexibility index (Phi) is 2.56. The van der Waals surface area contributed by atoms with Crippen LogP contribution in [0.3, 0.4) is 0 Å². The van der Waals surface area contributed by atoms with Gasteiger partial charge in [0.1, 0.15) is 17.2 Å². The maximum Gasteiger partial charge on any atom is 0.200 e. The Morgan fingerprint density at radius 1 is 1.19 bits per heavy atom. The van der Waals surface area contributed by atoms with Gasteiger partial charge in [-0.3, -0.25) is 0 Å². The molecule has 0 aliphatic carbocycles. The van der Waals surface area contributed by atoms with Gasteiger partial charge in [-0.25, -0.2) is 0 Å². The molecule has 3 heterocycles. The van der Waals surface area contributed by atoms with Gasteiger partial charge in [0.25, 0.3) is 0 Å². The Balaban J connectivity index is 1.63. The molecule has 4 aromatic rings. The minimum atomic E-state index is -0.0150. The highest BCUT2D eigenvalue weighted by Gasteiger charge is 2.12. The molecular formula is C14H12N6O. The normalized spacial score (nSPS) is 12.8. The highest BCUT2D eigenvalue weighted by Crippen LogP contribution is 2.25. The quantitative estimate of drug-likeness (QED) is 0.620. The second kappa shape index (κ2) is 4.55. The van der Waals surface area contributed by atoms with Gasteiger partial charge < -0.3 is 9.73 Å². The summed E-state index contributed by atoms with van der Waals surface area (Å²) in [4.78, 5) is 0. The summed E-state index contributed by atoms with van der Waals surface area (Å²) in [6.07, 6.45) is 0. The smallest absolute Gasteiger partial charge is 0.200 e. The summed E-state index contributed by atoms with van der Waals surface area (Å²) in [6, 6.07) is 13.6. The third kappa shape index (κ3) is 2.08. The maximum atomic E-state index is 5.84. The zero-order valence-electron chi connectivity index (χ0n) is 11.3. The first-order chi connectivity index (χ1) is 10.3. The summed E-state index contributed by atoms with van der Waals surface area (Å²) in [5.41, 5.74) is 1.49. The summed E-state index contributed by atoms with van der Waals surface area (Å²) in [6.45, 7) is 2.02. The molecule has 0 fully saturated rings. The van der Waals surface area contributed by atoms with Gasteiger partial charge in [0, 0.05) is 5.39 Å². The van der Waals surface area contributed by atoms with E-state index < -0.39 is 0 Å². The molecule has 7 heteroatoms. The van der Waals surface area contributed by atoms with Crippen molar-refractivity contribution in [2.24, 2.45) is 0 Å². The van der Waals surface area contributed by atoms with Gasteiger partial charge >= 0.3 is 0 Å². The van der Waals surface area contributed by atoms with Crippen molar-refractivity contribution in [3.8, 4) is 0 Å². The van der Waals surface area contributed by atoms with Crippen LogP contribution < -0.4 is 5.32 Å². The van der Waals surface area contributed by atoms with Crippen molar-refractivity contribution in [1.82, 2.24) is 25.3 Å². The fourth-order valence-electron chi connectivity index (χ4n) is 2.24. The number of furan rings is 1. The van der Waals surface area contributed by atoms with E-state index in [9.17, 15) is 0 Å². The minimum absolute atomic E-state index is 0.0150. The average Bonchev–Trinajstić information content (AvgIpc) is 3.13. The Hall–Kier alpha value is -2.96. The van der Waals surface area contributed by atoms with Crippen LogP contribution in [-0.4, -0.2) is 25.3 Å². The molecule has 0 spiro atoms. The molecule has 104 valence electrons. The second-order valence-electron chi connectivity index (χ2n) is 4.80. The first-order valence-corrected chi connectivity index (χ1v) is 6.60. The third-order valence-corrected chi connectivity index (χ3v) is 3.31. The number of anilines is 1. The fraction of sp³-hybridized carbons (Fsp3) is 0.143. The van der Waals surface area contributed by atoms with Crippen LogP contribution in [0, 0.1) is 0 Å². The monoisotopic (exact) mass is 280 g/mol. The predicted octanol–water partition coefficient (Wildman–Crippen LogP) is 2.44. The Labute approximate surface area is 119 Å². The first kappa shape index (κ1) is 11.8. The molecule has 0 saturated heterocycles. The number of tetrazole rings is 1. The first-order valence-electron chi connectivity index (χ1n) is 6.60. The van der Waals surface area contributed by atoms with E-state index >= 15 is 0 Å². The van der Waals surface area contributed by atoms with Crippen molar-refractivity contribution in [3.63, 3.8) is 0 Å². The predicted molar refractivity (Wildman–Crippen MR) is 76.8 cm³/mol. The van der Waals surface area contributed by atoms with Gasteiger partial charge in [-0.1, -0.05) is 18.2 Å². The van der Waals surface area contributed by atoms with Gasteiger partial charge in [0.15, 0.2) is 5.65 Å². The molecule has 0 aliphatic rings. The van der Waals surface area contributed by atoms with Crippen molar-refractivity contribution in [3.05, 3.63) is 48.2 Å². The van der Waals surface area contributed by atoms with Crippen molar-refractivity contribution in [2.75, 3.05) is 5.32 Å². The zero-order valence-corrected chi connectivity index (χ0v) is 11.3. The van der Waals surface area contributed by atoms with E-state index in [0.717, 1.165) is 16.7 Å². The number of benzene rings is 1. The van der Waals surface area contributed by atoms with Gasteiger partial charge in [0.05, 0.1) is 6.04 Å². The number of para-hydroxylation sites is 1. The molecule has 1 unspecified atom stereocenters. The highest BCUT2D eigenvalue weighted by molar-refractivity contribution is 5.77. The van der Waals surface area contributed by atoms with E-state index in [1.807, 2.05) is 43.3 Å². The lowest BCUT2D eigenvalue weighted by Crippen LogP contribution is -2.09. The Morgan fingerprint density at radius 3 is 3.00 bits per heavy atom. The Bertz CT molecular complexity index is 879. The van der Waals surface area contributed by atoms with Crippen molar-refractivity contribution < 1.29 is 4.42 Å². The molecule has 3 aromatic heterocycles. The number of fused-ring (bicyclic) bond motifs is 2. The number of hydrogen-bond donors (Lipinski definition) is 1. The van der Waals surface area contributed by atoms with Crippen LogP contribution in [0.4, 0.5) is 5.82 Å². The number of nitrogens with one attached hydrogen (secondary N) is 1. The van der Waals surface area contributed by atoms with Gasteiger partial charge in [-0.05, 0) is 41.6 Å². The van der Waals surface area contributed by atoms with Crippen molar-refractivity contribution in [2.45, 2.75) is 13.0 Å². The number of rotatable bonds is 3. The molecule has 1 aromatic carbocycles. The van der Waals surface area contributed by atoms with Gasteiger partial charge in [-0.15, -0.1) is 14.8 Å². The summed E-state index contributed by atoms with van der Waals surface area (Å²) in [7, 11) is 0. The van der Waals surface area contributed by atoms with Crippen molar-refractivity contribution in [1.29, 1.82) is 0 Å². The van der Waals surface area contributed by atoms with Crippen LogP contribution in [0.1, 0.15) is 18.7 Å². The SMILES string of the molecule is CC(Nc1ccc2nnnn2n1)c1cc2ccccc2o1. The lowest BCUT2D eigenvalue weighted by atomic mass is 10.2. The standard InChI is InChI=1S/C14H12N6O/c1-9(12-8-10-4-2-3-5-11(10)21-12)15-13-6-7-14-16-18-19-20(14)17-13/h2-9H,1H3,(H,15,17).